The second-order valence-electron chi connectivity index (χ2n) is 10.4. The van der Waals surface area contributed by atoms with Crippen LogP contribution in [0.25, 0.3) is 0 Å². The first-order valence-corrected chi connectivity index (χ1v) is 12.5. The predicted molar refractivity (Wildman–Crippen MR) is 141 cm³/mol. The average molecular weight is 488 g/mol. The Labute approximate surface area is 211 Å². The number of nitrogens with one attached hydrogen (secondary N) is 2. The number of unbranched alkanes of at least 4 members (excludes halogenated alkanes) is 1. The Balaban J connectivity index is 3.11. The normalized spacial score (nSPS) is 13.9. The van der Waals surface area contributed by atoms with Crippen molar-refractivity contribution >= 4 is 17.8 Å². The van der Waals surface area contributed by atoms with E-state index in [0.717, 1.165) is 29.5 Å². The van der Waals surface area contributed by atoms with Gasteiger partial charge in [-0.15, -0.1) is 0 Å². The van der Waals surface area contributed by atoms with Crippen LogP contribution in [0.15, 0.2) is 29.8 Å². The number of benzene rings is 1. The molecule has 1 aromatic rings. The van der Waals surface area contributed by atoms with Gasteiger partial charge in [-0.1, -0.05) is 76.4 Å². The van der Waals surface area contributed by atoms with E-state index < -0.39 is 17.4 Å². The van der Waals surface area contributed by atoms with Gasteiger partial charge in [0.1, 0.15) is 0 Å². The molecule has 196 valence electrons. The molecule has 1 rings (SSSR count). The van der Waals surface area contributed by atoms with Gasteiger partial charge in [0.05, 0.1) is 18.6 Å². The number of rotatable bonds is 13. The number of nitrogens with zero attached hydrogens (tertiary/aromatic N) is 1. The minimum absolute atomic E-state index is 0.0226. The van der Waals surface area contributed by atoms with E-state index in [1.807, 2.05) is 48.5 Å². The van der Waals surface area contributed by atoms with E-state index in [1.165, 1.54) is 6.92 Å². The monoisotopic (exact) mass is 487 g/mol. The summed E-state index contributed by atoms with van der Waals surface area (Å²) >= 11 is 0. The molecule has 2 amide bonds. The molecule has 7 heteroatoms. The Bertz CT molecular complexity index is 901. The van der Waals surface area contributed by atoms with E-state index >= 15 is 0 Å². The van der Waals surface area contributed by atoms with Crippen LogP contribution in [0.4, 0.5) is 0 Å². The Hall–Kier alpha value is -2.67. The van der Waals surface area contributed by atoms with E-state index in [4.69, 9.17) is 0 Å². The van der Waals surface area contributed by atoms with Crippen molar-refractivity contribution in [1.29, 1.82) is 0 Å². The molecule has 7 nitrogen and oxygen atoms in total. The lowest BCUT2D eigenvalue weighted by molar-refractivity contribution is -0.136. The third-order valence-corrected chi connectivity index (χ3v) is 6.53. The number of carbonyl (C=O) groups is 3. The quantitative estimate of drug-likeness (QED) is 0.366. The Morgan fingerprint density at radius 2 is 1.69 bits per heavy atom. The highest BCUT2D eigenvalue weighted by Crippen LogP contribution is 2.29. The zero-order chi connectivity index (χ0) is 26.9. The van der Waals surface area contributed by atoms with Crippen LogP contribution in [0.3, 0.4) is 0 Å². The SMILES string of the molecule is CCCCN(C(=O)CNC(=O)[C@@H](NC)C(C)(C)c1cc(C)cc(C)c1)[C@H](/C=C(\C)C(=O)O)C(C)C. The molecule has 35 heavy (non-hydrogen) atoms. The van der Waals surface area contributed by atoms with Crippen LogP contribution in [0.2, 0.25) is 0 Å². The summed E-state index contributed by atoms with van der Waals surface area (Å²) in [7, 11) is 1.75. The maximum Gasteiger partial charge on any atom is 0.331 e. The summed E-state index contributed by atoms with van der Waals surface area (Å²) in [5.74, 6) is -1.45. The molecule has 0 fully saturated rings. The maximum absolute atomic E-state index is 13.3. The van der Waals surface area contributed by atoms with E-state index in [-0.39, 0.29) is 35.9 Å². The van der Waals surface area contributed by atoms with Gasteiger partial charge >= 0.3 is 5.97 Å². The Kier molecular flexibility index (Phi) is 11.6. The van der Waals surface area contributed by atoms with Crippen LogP contribution in [-0.2, 0) is 19.8 Å². The molecule has 0 aliphatic heterocycles. The maximum atomic E-state index is 13.3. The predicted octanol–water partition coefficient (Wildman–Crippen LogP) is 3.97. The molecule has 0 spiro atoms. The smallest absolute Gasteiger partial charge is 0.331 e. The summed E-state index contributed by atoms with van der Waals surface area (Å²) in [4.78, 5) is 39.6. The zero-order valence-corrected chi connectivity index (χ0v) is 23.0. The molecular formula is C28H45N3O4. The summed E-state index contributed by atoms with van der Waals surface area (Å²) in [6, 6.07) is 5.37. The van der Waals surface area contributed by atoms with Crippen molar-refractivity contribution < 1.29 is 19.5 Å². The minimum atomic E-state index is -1.00. The van der Waals surface area contributed by atoms with Crippen LogP contribution < -0.4 is 10.6 Å². The summed E-state index contributed by atoms with van der Waals surface area (Å²) < 4.78 is 0. The van der Waals surface area contributed by atoms with Gasteiger partial charge in [-0.2, -0.15) is 0 Å². The van der Waals surface area contributed by atoms with E-state index in [0.29, 0.717) is 6.54 Å². The van der Waals surface area contributed by atoms with E-state index in [1.54, 1.807) is 18.0 Å². The van der Waals surface area contributed by atoms with Gasteiger partial charge in [0.15, 0.2) is 0 Å². The third-order valence-electron chi connectivity index (χ3n) is 6.53. The number of amides is 2. The van der Waals surface area contributed by atoms with Crippen molar-refractivity contribution in [2.45, 2.75) is 85.7 Å². The number of carbonyl (C=O) groups excluding carboxylic acids is 2. The molecule has 0 aliphatic rings. The first-order valence-electron chi connectivity index (χ1n) is 12.5. The highest BCUT2D eigenvalue weighted by molar-refractivity contribution is 5.89. The standard InChI is InChI=1S/C28H45N3O4/c1-10-11-12-31(23(18(2)3)16-21(6)27(34)35)24(32)17-30-26(33)25(29-9)28(7,8)22-14-19(4)13-20(5)15-22/h13-16,18,23,25,29H,10-12,17H2,1-9H3,(H,30,33)(H,34,35)/b21-16+/t23-,25-/m1/s1. The lowest BCUT2D eigenvalue weighted by atomic mass is 9.76. The highest BCUT2D eigenvalue weighted by atomic mass is 16.4. The fourth-order valence-electron chi connectivity index (χ4n) is 4.44. The van der Waals surface area contributed by atoms with Gasteiger partial charge in [-0.3, -0.25) is 9.59 Å². The Morgan fingerprint density at radius 1 is 1.11 bits per heavy atom. The number of likely N-dealkylation sites (N-methyl/N-ethyl adjacent to an activating group) is 1. The number of hydrogen-bond acceptors (Lipinski definition) is 4. The summed E-state index contributed by atoms with van der Waals surface area (Å²) in [6.45, 7) is 16.0. The topological polar surface area (TPSA) is 98.7 Å². The van der Waals surface area contributed by atoms with Crippen LogP contribution in [0.5, 0.6) is 0 Å². The molecular weight excluding hydrogens is 442 g/mol. The van der Waals surface area contributed by atoms with Gasteiger partial charge in [0.25, 0.3) is 0 Å². The number of carboxylic acid groups (broad SMARTS) is 1. The second-order valence-corrected chi connectivity index (χ2v) is 10.4. The molecule has 2 atom stereocenters. The van der Waals surface area contributed by atoms with Gasteiger partial charge in [-0.05, 0) is 45.7 Å². The fraction of sp³-hybridized carbons (Fsp3) is 0.607. The van der Waals surface area contributed by atoms with Gasteiger partial charge in [0, 0.05) is 17.5 Å². The minimum Gasteiger partial charge on any atom is -0.478 e. The first-order chi connectivity index (χ1) is 16.3. The zero-order valence-electron chi connectivity index (χ0n) is 23.0. The molecule has 0 aliphatic carbocycles. The highest BCUT2D eigenvalue weighted by Gasteiger charge is 2.36. The first kappa shape index (κ1) is 30.4. The van der Waals surface area contributed by atoms with Gasteiger partial charge < -0.3 is 20.6 Å². The van der Waals surface area contributed by atoms with Crippen molar-refractivity contribution in [2.24, 2.45) is 5.92 Å². The molecule has 3 N–H and O–H groups in total. The fourth-order valence-corrected chi connectivity index (χ4v) is 4.44. The molecule has 0 saturated heterocycles. The molecule has 0 radical (unpaired) electrons. The molecule has 0 saturated carbocycles. The number of aryl methyl sites for hydroxylation is 2. The summed E-state index contributed by atoms with van der Waals surface area (Å²) in [6.07, 6.45) is 3.33. The second kappa shape index (κ2) is 13.4. The largest absolute Gasteiger partial charge is 0.478 e. The number of hydrogen-bond donors (Lipinski definition) is 3. The van der Waals surface area contributed by atoms with Crippen LogP contribution >= 0.6 is 0 Å². The summed E-state index contributed by atoms with van der Waals surface area (Å²) in [5.41, 5.74) is 3.01. The van der Waals surface area contributed by atoms with Crippen molar-refractivity contribution in [3.63, 3.8) is 0 Å². The lowest BCUT2D eigenvalue weighted by Crippen LogP contribution is -2.55. The lowest BCUT2D eigenvalue weighted by Gasteiger charge is -2.35. The summed E-state index contributed by atoms with van der Waals surface area (Å²) in [5, 5.41) is 15.3. The van der Waals surface area contributed by atoms with Crippen LogP contribution in [0, 0.1) is 19.8 Å². The molecule has 0 heterocycles. The van der Waals surface area contributed by atoms with E-state index in [2.05, 4.69) is 28.8 Å². The van der Waals surface area contributed by atoms with Crippen LogP contribution in [0.1, 0.15) is 71.1 Å². The third kappa shape index (κ3) is 8.49. The molecule has 0 aromatic heterocycles. The molecule has 0 unspecified atom stereocenters. The number of aliphatic carboxylic acids is 1. The van der Waals surface area contributed by atoms with Crippen molar-refractivity contribution in [3.8, 4) is 0 Å². The van der Waals surface area contributed by atoms with Gasteiger partial charge in [-0.25, -0.2) is 4.79 Å². The molecule has 1 aromatic carbocycles. The van der Waals surface area contributed by atoms with Crippen molar-refractivity contribution in [3.05, 3.63) is 46.5 Å². The molecule has 0 bridgehead atoms. The Morgan fingerprint density at radius 3 is 2.14 bits per heavy atom. The number of carboxylic acids is 1. The van der Waals surface area contributed by atoms with Crippen LogP contribution in [-0.4, -0.2) is 60.0 Å². The van der Waals surface area contributed by atoms with E-state index in [9.17, 15) is 19.5 Å². The van der Waals surface area contributed by atoms with Gasteiger partial charge in [0.2, 0.25) is 11.8 Å². The van der Waals surface area contributed by atoms with Crippen molar-refractivity contribution in [1.82, 2.24) is 15.5 Å². The average Bonchev–Trinajstić information content (AvgIpc) is 2.76. The van der Waals surface area contributed by atoms with Crippen molar-refractivity contribution in [2.75, 3.05) is 20.1 Å².